The Balaban J connectivity index is 0.00000102. The van der Waals surface area contributed by atoms with Crippen LogP contribution in [-0.2, 0) is 27.2 Å². The standard InChI is InChI=1S/C27H34FN3O3.CH2O2/c28-23-8-3-7-22(18-9-10-18)24(23)25(27(32)33)31-15-13-21(17-31)34-16-2-1-6-20-12-11-19-5-4-14-29-26(19)30-20;2-1-3/h3,7-8,11-12,18,21,25H,1-2,4-6,9-10,13-17H2,(H,29,30)(H,32,33);1H,(H,2,3)/t21-,25?;/m1./s1. The van der Waals surface area contributed by atoms with Gasteiger partial charge in [0.1, 0.15) is 17.7 Å². The van der Waals surface area contributed by atoms with Gasteiger partial charge in [0.05, 0.1) is 6.10 Å². The van der Waals surface area contributed by atoms with Crippen LogP contribution in [0.15, 0.2) is 30.3 Å². The number of benzene rings is 1. The van der Waals surface area contributed by atoms with Crippen molar-refractivity contribution in [3.05, 3.63) is 58.5 Å². The van der Waals surface area contributed by atoms with Crippen molar-refractivity contribution in [2.45, 2.75) is 69.4 Å². The summed E-state index contributed by atoms with van der Waals surface area (Å²) in [5.41, 5.74) is 3.64. The maximum atomic E-state index is 14.8. The Labute approximate surface area is 216 Å². The zero-order valence-electron chi connectivity index (χ0n) is 21.1. The molecule has 0 bridgehead atoms. The van der Waals surface area contributed by atoms with Crippen molar-refractivity contribution >= 4 is 18.3 Å². The number of aryl methyl sites for hydroxylation is 2. The molecule has 0 radical (unpaired) electrons. The molecular formula is C28H36FN3O5. The highest BCUT2D eigenvalue weighted by molar-refractivity contribution is 5.76. The van der Waals surface area contributed by atoms with Crippen LogP contribution in [-0.4, -0.2) is 64.9 Å². The van der Waals surface area contributed by atoms with Crippen molar-refractivity contribution in [1.29, 1.82) is 0 Å². The number of aromatic nitrogens is 1. The molecule has 1 aliphatic carbocycles. The SMILES string of the molecule is O=C(O)C(c1c(F)cccc1C1CC1)N1CC[C@@H](OCCCCc2ccc3c(n2)NCCC3)C1.O=CO. The summed E-state index contributed by atoms with van der Waals surface area (Å²) in [6.07, 6.45) is 7.90. The monoisotopic (exact) mass is 513 g/mol. The summed E-state index contributed by atoms with van der Waals surface area (Å²) in [6.45, 7) is 2.52. The molecule has 2 fully saturated rings. The van der Waals surface area contributed by atoms with Crippen molar-refractivity contribution < 1.29 is 28.9 Å². The third-order valence-electron chi connectivity index (χ3n) is 7.29. The average Bonchev–Trinajstić information content (AvgIpc) is 3.64. The maximum absolute atomic E-state index is 14.8. The summed E-state index contributed by atoms with van der Waals surface area (Å²) < 4.78 is 20.9. The molecule has 2 aliphatic heterocycles. The number of rotatable bonds is 10. The van der Waals surface area contributed by atoms with Gasteiger partial charge in [0.15, 0.2) is 0 Å². The molecule has 1 unspecified atom stereocenters. The minimum absolute atomic E-state index is 0.0101. The van der Waals surface area contributed by atoms with E-state index in [1.807, 2.05) is 11.0 Å². The third-order valence-corrected chi connectivity index (χ3v) is 7.29. The molecular weight excluding hydrogens is 477 g/mol. The van der Waals surface area contributed by atoms with Crippen molar-refractivity contribution in [2.75, 3.05) is 31.6 Å². The number of hydrogen-bond acceptors (Lipinski definition) is 6. The van der Waals surface area contributed by atoms with Gasteiger partial charge in [0, 0.05) is 37.5 Å². The number of hydrogen-bond donors (Lipinski definition) is 3. The van der Waals surface area contributed by atoms with Crippen LogP contribution >= 0.6 is 0 Å². The van der Waals surface area contributed by atoms with Gasteiger partial charge < -0.3 is 20.3 Å². The molecule has 0 amide bonds. The van der Waals surface area contributed by atoms with Gasteiger partial charge in [-0.1, -0.05) is 18.2 Å². The average molecular weight is 514 g/mol. The number of carbonyl (C=O) groups is 2. The van der Waals surface area contributed by atoms with Crippen LogP contribution in [0.4, 0.5) is 10.2 Å². The van der Waals surface area contributed by atoms with E-state index >= 15 is 0 Å². The summed E-state index contributed by atoms with van der Waals surface area (Å²) in [6, 6.07) is 8.34. The fraction of sp³-hybridized carbons (Fsp3) is 0.536. The van der Waals surface area contributed by atoms with Gasteiger partial charge >= 0.3 is 5.97 Å². The van der Waals surface area contributed by atoms with Crippen LogP contribution in [0.25, 0.3) is 0 Å². The molecule has 8 nitrogen and oxygen atoms in total. The summed E-state index contributed by atoms with van der Waals surface area (Å²) in [5.74, 6) is -0.0619. The molecule has 0 spiro atoms. The lowest BCUT2D eigenvalue weighted by Crippen LogP contribution is -2.34. The summed E-state index contributed by atoms with van der Waals surface area (Å²) in [5, 5.41) is 20.3. The molecule has 1 saturated heterocycles. The lowest BCUT2D eigenvalue weighted by atomic mass is 9.95. The van der Waals surface area contributed by atoms with E-state index in [1.54, 1.807) is 6.07 Å². The molecule has 1 aromatic heterocycles. The quantitative estimate of drug-likeness (QED) is 0.317. The Morgan fingerprint density at radius 1 is 1.24 bits per heavy atom. The molecule has 9 heteroatoms. The number of likely N-dealkylation sites (tertiary alicyclic amines) is 1. The molecule has 37 heavy (non-hydrogen) atoms. The van der Waals surface area contributed by atoms with E-state index in [4.69, 9.17) is 19.6 Å². The number of nitrogens with zero attached hydrogens (tertiary/aromatic N) is 2. The van der Waals surface area contributed by atoms with E-state index in [9.17, 15) is 14.3 Å². The highest BCUT2D eigenvalue weighted by Gasteiger charge is 2.39. The summed E-state index contributed by atoms with van der Waals surface area (Å²) in [4.78, 5) is 27.2. The highest BCUT2D eigenvalue weighted by atomic mass is 19.1. The lowest BCUT2D eigenvalue weighted by molar-refractivity contribution is -0.143. The zero-order chi connectivity index (χ0) is 26.2. The fourth-order valence-corrected chi connectivity index (χ4v) is 5.35. The zero-order valence-corrected chi connectivity index (χ0v) is 21.1. The molecule has 3 N–H and O–H groups in total. The number of halogens is 1. The normalized spacial score (nSPS) is 19.8. The van der Waals surface area contributed by atoms with Gasteiger partial charge in [-0.15, -0.1) is 0 Å². The Morgan fingerprint density at radius 2 is 2.05 bits per heavy atom. The van der Waals surface area contributed by atoms with Crippen molar-refractivity contribution in [2.24, 2.45) is 0 Å². The van der Waals surface area contributed by atoms with E-state index < -0.39 is 17.8 Å². The Kier molecular flexibility index (Phi) is 9.46. The predicted molar refractivity (Wildman–Crippen MR) is 137 cm³/mol. The van der Waals surface area contributed by atoms with Gasteiger partial charge in [-0.25, -0.2) is 9.37 Å². The van der Waals surface area contributed by atoms with E-state index in [1.165, 1.54) is 18.1 Å². The number of pyridine rings is 1. The van der Waals surface area contributed by atoms with E-state index in [2.05, 4.69) is 17.4 Å². The number of unbranched alkanes of at least 4 members (excludes halogenated alkanes) is 1. The van der Waals surface area contributed by atoms with Crippen molar-refractivity contribution in [3.63, 3.8) is 0 Å². The molecule has 3 aliphatic rings. The number of carboxylic acid groups (broad SMARTS) is 2. The molecule has 5 rings (SSSR count). The molecule has 1 saturated carbocycles. The first-order valence-corrected chi connectivity index (χ1v) is 13.2. The first-order valence-electron chi connectivity index (χ1n) is 13.2. The van der Waals surface area contributed by atoms with Crippen LogP contribution in [0.5, 0.6) is 0 Å². The van der Waals surface area contributed by atoms with Gasteiger partial charge in [0.25, 0.3) is 6.47 Å². The lowest BCUT2D eigenvalue weighted by Gasteiger charge is -2.27. The molecule has 3 heterocycles. The minimum Gasteiger partial charge on any atom is -0.483 e. The molecule has 1 aromatic carbocycles. The van der Waals surface area contributed by atoms with Gasteiger partial charge in [-0.2, -0.15) is 0 Å². The van der Waals surface area contributed by atoms with Crippen LogP contribution in [0.2, 0.25) is 0 Å². The smallest absolute Gasteiger partial charge is 0.325 e. The molecule has 200 valence electrons. The topological polar surface area (TPSA) is 112 Å². The Bertz CT molecular complexity index is 1080. The first kappa shape index (κ1) is 27.0. The van der Waals surface area contributed by atoms with Gasteiger partial charge in [0.2, 0.25) is 0 Å². The van der Waals surface area contributed by atoms with E-state index in [0.29, 0.717) is 31.2 Å². The van der Waals surface area contributed by atoms with Crippen molar-refractivity contribution in [1.82, 2.24) is 9.88 Å². The van der Waals surface area contributed by atoms with Crippen LogP contribution in [0.3, 0.4) is 0 Å². The maximum Gasteiger partial charge on any atom is 0.325 e. The van der Waals surface area contributed by atoms with E-state index in [-0.39, 0.29) is 12.6 Å². The second kappa shape index (κ2) is 13.0. The van der Waals surface area contributed by atoms with Crippen molar-refractivity contribution in [3.8, 4) is 0 Å². The predicted octanol–water partition coefficient (Wildman–Crippen LogP) is 4.40. The summed E-state index contributed by atoms with van der Waals surface area (Å²) >= 11 is 0. The first-order chi connectivity index (χ1) is 18.0. The van der Waals surface area contributed by atoms with Gasteiger partial charge in [-0.3, -0.25) is 14.5 Å². The minimum atomic E-state index is -0.986. The number of anilines is 1. The van der Waals surface area contributed by atoms with Crippen LogP contribution in [0.1, 0.15) is 72.9 Å². The summed E-state index contributed by atoms with van der Waals surface area (Å²) in [7, 11) is 0. The number of ether oxygens (including phenoxy) is 1. The second-order valence-corrected chi connectivity index (χ2v) is 9.94. The largest absolute Gasteiger partial charge is 0.483 e. The third kappa shape index (κ3) is 7.05. The fourth-order valence-electron chi connectivity index (χ4n) is 5.35. The Morgan fingerprint density at radius 3 is 2.81 bits per heavy atom. The molecule has 2 aromatic rings. The highest BCUT2D eigenvalue weighted by Crippen LogP contribution is 2.45. The number of fused-ring (bicyclic) bond motifs is 1. The number of aliphatic carboxylic acids is 1. The Hall–Kier alpha value is -3.04. The molecule has 2 atom stereocenters. The number of carboxylic acids is 1. The van der Waals surface area contributed by atoms with Gasteiger partial charge in [-0.05, 0) is 80.5 Å². The number of nitrogens with one attached hydrogen (secondary N) is 1. The van der Waals surface area contributed by atoms with E-state index in [0.717, 1.165) is 68.6 Å². The van der Waals surface area contributed by atoms with Crippen LogP contribution < -0.4 is 5.32 Å². The second-order valence-electron chi connectivity index (χ2n) is 9.94. The van der Waals surface area contributed by atoms with Crippen LogP contribution in [0, 0.1) is 5.82 Å².